The zero-order valence-electron chi connectivity index (χ0n) is 10.1. The summed E-state index contributed by atoms with van der Waals surface area (Å²) in [5, 5.41) is 0. The molecular weight excluding hydrogens is 206 g/mol. The second-order valence-corrected chi connectivity index (χ2v) is 4.20. The molecule has 1 heterocycles. The highest BCUT2D eigenvalue weighted by molar-refractivity contribution is 5.81. The number of rotatable bonds is 2. The average molecular weight is 227 g/mol. The van der Waals surface area contributed by atoms with Crippen LogP contribution >= 0.6 is 0 Å². The largest absolute Gasteiger partial charge is 0.341 e. The van der Waals surface area contributed by atoms with Crippen LogP contribution in [0.25, 0.3) is 0 Å². The predicted molar refractivity (Wildman–Crippen MR) is 61.7 cm³/mol. The van der Waals surface area contributed by atoms with Crippen molar-refractivity contribution in [2.24, 2.45) is 5.73 Å². The van der Waals surface area contributed by atoms with E-state index >= 15 is 0 Å². The monoisotopic (exact) mass is 227 g/mol. The van der Waals surface area contributed by atoms with Crippen molar-refractivity contribution in [2.45, 2.75) is 32.7 Å². The summed E-state index contributed by atoms with van der Waals surface area (Å²) in [6.45, 7) is 6.14. The van der Waals surface area contributed by atoms with Gasteiger partial charge >= 0.3 is 0 Å². The minimum Gasteiger partial charge on any atom is -0.341 e. The van der Waals surface area contributed by atoms with Crippen LogP contribution in [0.4, 0.5) is 0 Å². The van der Waals surface area contributed by atoms with Gasteiger partial charge in [-0.2, -0.15) is 0 Å². The van der Waals surface area contributed by atoms with Crippen molar-refractivity contribution in [3.8, 4) is 0 Å². The van der Waals surface area contributed by atoms with E-state index in [0.717, 1.165) is 13.0 Å². The minimum atomic E-state index is -0.399. The SMILES string of the molecule is CC[C@@H](N)C(=O)N1CCCN(C(C)=O)CC1. The lowest BCUT2D eigenvalue weighted by Crippen LogP contribution is -2.45. The summed E-state index contributed by atoms with van der Waals surface area (Å²) in [6, 6.07) is -0.399. The van der Waals surface area contributed by atoms with E-state index in [4.69, 9.17) is 5.73 Å². The zero-order valence-corrected chi connectivity index (χ0v) is 10.1. The van der Waals surface area contributed by atoms with Gasteiger partial charge in [0.1, 0.15) is 0 Å². The molecule has 1 aliphatic rings. The van der Waals surface area contributed by atoms with Crippen LogP contribution in [0.3, 0.4) is 0 Å². The highest BCUT2D eigenvalue weighted by Crippen LogP contribution is 2.05. The van der Waals surface area contributed by atoms with Crippen molar-refractivity contribution in [1.82, 2.24) is 9.80 Å². The first-order valence-electron chi connectivity index (χ1n) is 5.86. The molecule has 5 nitrogen and oxygen atoms in total. The van der Waals surface area contributed by atoms with E-state index in [2.05, 4.69) is 0 Å². The van der Waals surface area contributed by atoms with Crippen LogP contribution in [0, 0.1) is 0 Å². The fraction of sp³-hybridized carbons (Fsp3) is 0.818. The molecule has 1 saturated heterocycles. The molecule has 0 aliphatic carbocycles. The summed E-state index contributed by atoms with van der Waals surface area (Å²) in [4.78, 5) is 26.6. The Kier molecular flexibility index (Phi) is 4.73. The molecule has 0 aromatic rings. The number of amides is 2. The molecule has 16 heavy (non-hydrogen) atoms. The lowest BCUT2D eigenvalue weighted by molar-refractivity contribution is -0.133. The molecule has 0 bridgehead atoms. The summed E-state index contributed by atoms with van der Waals surface area (Å²) in [6.07, 6.45) is 1.49. The fourth-order valence-corrected chi connectivity index (χ4v) is 1.86. The van der Waals surface area contributed by atoms with Crippen molar-refractivity contribution >= 4 is 11.8 Å². The van der Waals surface area contributed by atoms with Crippen molar-refractivity contribution in [3.63, 3.8) is 0 Å². The first-order chi connectivity index (χ1) is 7.56. The van der Waals surface area contributed by atoms with Gasteiger partial charge in [0.25, 0.3) is 0 Å². The first-order valence-corrected chi connectivity index (χ1v) is 5.86. The predicted octanol–water partition coefficient (Wildman–Crippen LogP) is -0.195. The van der Waals surface area contributed by atoms with Crippen LogP contribution in [0.15, 0.2) is 0 Å². The maximum atomic E-state index is 11.9. The van der Waals surface area contributed by atoms with Gasteiger partial charge in [-0.3, -0.25) is 9.59 Å². The van der Waals surface area contributed by atoms with Gasteiger partial charge in [-0.15, -0.1) is 0 Å². The second-order valence-electron chi connectivity index (χ2n) is 4.20. The number of hydrogen-bond donors (Lipinski definition) is 1. The standard InChI is InChI=1S/C11H21N3O2/c1-3-10(12)11(16)14-6-4-5-13(7-8-14)9(2)15/h10H,3-8,12H2,1-2H3/t10-/m1/s1. The third kappa shape index (κ3) is 3.20. The Bertz CT molecular complexity index is 268. The Morgan fingerprint density at radius 1 is 1.19 bits per heavy atom. The van der Waals surface area contributed by atoms with Gasteiger partial charge in [-0.25, -0.2) is 0 Å². The summed E-state index contributed by atoms with van der Waals surface area (Å²) >= 11 is 0. The molecule has 0 aromatic carbocycles. The van der Waals surface area contributed by atoms with E-state index in [-0.39, 0.29) is 11.8 Å². The summed E-state index contributed by atoms with van der Waals surface area (Å²) in [7, 11) is 0. The third-order valence-electron chi connectivity index (χ3n) is 3.01. The lowest BCUT2D eigenvalue weighted by Gasteiger charge is -2.23. The molecule has 0 saturated carbocycles. The summed E-state index contributed by atoms with van der Waals surface area (Å²) < 4.78 is 0. The van der Waals surface area contributed by atoms with Crippen LogP contribution in [0.2, 0.25) is 0 Å². The summed E-state index contributed by atoms with van der Waals surface area (Å²) in [5.41, 5.74) is 5.72. The first kappa shape index (κ1) is 13.0. The lowest BCUT2D eigenvalue weighted by atomic mass is 10.2. The topological polar surface area (TPSA) is 66.6 Å². The van der Waals surface area contributed by atoms with Crippen molar-refractivity contribution in [2.75, 3.05) is 26.2 Å². The molecule has 2 N–H and O–H groups in total. The fourth-order valence-electron chi connectivity index (χ4n) is 1.86. The van der Waals surface area contributed by atoms with Crippen LogP contribution in [-0.4, -0.2) is 53.8 Å². The van der Waals surface area contributed by atoms with Gasteiger partial charge in [0.15, 0.2) is 0 Å². The number of carbonyl (C=O) groups excluding carboxylic acids is 2. The van der Waals surface area contributed by atoms with Crippen molar-refractivity contribution < 1.29 is 9.59 Å². The van der Waals surface area contributed by atoms with E-state index in [0.29, 0.717) is 26.1 Å². The normalized spacial score (nSPS) is 19.2. The third-order valence-corrected chi connectivity index (χ3v) is 3.01. The van der Waals surface area contributed by atoms with Crippen LogP contribution in [-0.2, 0) is 9.59 Å². The Morgan fingerprint density at radius 2 is 1.75 bits per heavy atom. The Hall–Kier alpha value is -1.10. The van der Waals surface area contributed by atoms with E-state index in [1.165, 1.54) is 0 Å². The molecule has 92 valence electrons. The quantitative estimate of drug-likeness (QED) is 0.710. The molecular formula is C11H21N3O2. The Morgan fingerprint density at radius 3 is 2.31 bits per heavy atom. The average Bonchev–Trinajstić information content (AvgIpc) is 2.52. The molecule has 5 heteroatoms. The van der Waals surface area contributed by atoms with E-state index < -0.39 is 6.04 Å². The van der Waals surface area contributed by atoms with Gasteiger partial charge in [-0.05, 0) is 12.8 Å². The van der Waals surface area contributed by atoms with Crippen molar-refractivity contribution in [1.29, 1.82) is 0 Å². The molecule has 1 rings (SSSR count). The van der Waals surface area contributed by atoms with Crippen molar-refractivity contribution in [3.05, 3.63) is 0 Å². The van der Waals surface area contributed by atoms with Crippen LogP contribution in [0.1, 0.15) is 26.7 Å². The molecule has 1 atom stereocenters. The van der Waals surface area contributed by atoms with Gasteiger partial charge in [-0.1, -0.05) is 6.92 Å². The zero-order chi connectivity index (χ0) is 12.1. The van der Waals surface area contributed by atoms with Crippen LogP contribution < -0.4 is 5.73 Å². The van der Waals surface area contributed by atoms with E-state index in [1.807, 2.05) is 6.92 Å². The molecule has 0 spiro atoms. The summed E-state index contributed by atoms with van der Waals surface area (Å²) in [5.74, 6) is 0.0852. The molecule has 1 aliphatic heterocycles. The van der Waals surface area contributed by atoms with Gasteiger partial charge in [0.2, 0.25) is 11.8 Å². The Labute approximate surface area is 96.6 Å². The van der Waals surface area contributed by atoms with E-state index in [9.17, 15) is 9.59 Å². The second kappa shape index (κ2) is 5.84. The smallest absolute Gasteiger partial charge is 0.239 e. The molecule has 2 amide bonds. The highest BCUT2D eigenvalue weighted by Gasteiger charge is 2.23. The van der Waals surface area contributed by atoms with Gasteiger partial charge in [0.05, 0.1) is 6.04 Å². The number of nitrogens with zero attached hydrogens (tertiary/aromatic N) is 2. The Balaban J connectivity index is 2.53. The maximum absolute atomic E-state index is 11.9. The number of hydrogen-bond acceptors (Lipinski definition) is 3. The maximum Gasteiger partial charge on any atom is 0.239 e. The minimum absolute atomic E-state index is 0.00732. The van der Waals surface area contributed by atoms with E-state index in [1.54, 1.807) is 16.7 Å². The molecule has 1 fully saturated rings. The number of nitrogens with two attached hydrogens (primary N) is 1. The molecule has 0 aromatic heterocycles. The van der Waals surface area contributed by atoms with Crippen LogP contribution in [0.5, 0.6) is 0 Å². The molecule has 0 radical (unpaired) electrons. The number of carbonyl (C=O) groups is 2. The van der Waals surface area contributed by atoms with Gasteiger partial charge in [0, 0.05) is 33.1 Å². The van der Waals surface area contributed by atoms with Gasteiger partial charge < -0.3 is 15.5 Å². The highest BCUT2D eigenvalue weighted by atomic mass is 16.2. The molecule has 0 unspecified atom stereocenters.